The van der Waals surface area contributed by atoms with Gasteiger partial charge in [-0.25, -0.2) is 4.39 Å². The van der Waals surface area contributed by atoms with Gasteiger partial charge in [0.25, 0.3) is 0 Å². The summed E-state index contributed by atoms with van der Waals surface area (Å²) in [7, 11) is 0. The predicted molar refractivity (Wildman–Crippen MR) is 77.9 cm³/mol. The Kier molecular flexibility index (Phi) is 4.77. The average molecular weight is 265 g/mol. The van der Waals surface area contributed by atoms with Gasteiger partial charge >= 0.3 is 0 Å². The molecule has 0 radical (unpaired) electrons. The molecule has 1 aromatic rings. The average Bonchev–Trinajstić information content (AvgIpc) is 2.41. The first-order chi connectivity index (χ1) is 9.13. The Morgan fingerprint density at radius 3 is 2.32 bits per heavy atom. The van der Waals surface area contributed by atoms with Crippen molar-refractivity contribution < 1.29 is 4.39 Å². The van der Waals surface area contributed by atoms with Gasteiger partial charge in [-0.2, -0.15) is 0 Å². The number of nitrogens with two attached hydrogens (primary N) is 1. The van der Waals surface area contributed by atoms with Crippen LogP contribution in [0.4, 0.5) is 10.1 Å². The standard InChI is InChI=1S/C15H24FN3/c1-12(2)15(11-17)19-9-7-18(8-10-19)14-6-4-3-5-13(14)16/h3-6,12,15H,7-11,17H2,1-2H3. The van der Waals surface area contributed by atoms with E-state index < -0.39 is 0 Å². The molecule has 1 aromatic carbocycles. The van der Waals surface area contributed by atoms with Gasteiger partial charge in [0.05, 0.1) is 5.69 Å². The summed E-state index contributed by atoms with van der Waals surface area (Å²) in [5, 5.41) is 0. The van der Waals surface area contributed by atoms with E-state index in [2.05, 4.69) is 23.6 Å². The molecule has 4 heteroatoms. The summed E-state index contributed by atoms with van der Waals surface area (Å²) in [4.78, 5) is 4.56. The zero-order valence-electron chi connectivity index (χ0n) is 11.8. The summed E-state index contributed by atoms with van der Waals surface area (Å²) in [6.45, 7) is 8.75. The van der Waals surface area contributed by atoms with Crippen LogP contribution in [-0.2, 0) is 0 Å². The van der Waals surface area contributed by atoms with Crippen LogP contribution in [0.2, 0.25) is 0 Å². The molecule has 2 rings (SSSR count). The minimum atomic E-state index is -0.129. The molecule has 1 aliphatic heterocycles. The van der Waals surface area contributed by atoms with E-state index in [-0.39, 0.29) is 5.82 Å². The van der Waals surface area contributed by atoms with E-state index in [1.165, 1.54) is 6.07 Å². The van der Waals surface area contributed by atoms with Gasteiger partial charge in [0.1, 0.15) is 5.82 Å². The first-order valence-corrected chi connectivity index (χ1v) is 7.07. The molecule has 0 bridgehead atoms. The highest BCUT2D eigenvalue weighted by Gasteiger charge is 2.25. The number of halogens is 1. The maximum atomic E-state index is 13.7. The second-order valence-electron chi connectivity index (χ2n) is 5.52. The number of para-hydroxylation sites is 1. The number of hydrogen-bond donors (Lipinski definition) is 1. The molecular formula is C15H24FN3. The van der Waals surface area contributed by atoms with E-state index in [1.54, 1.807) is 6.07 Å². The number of piperazine rings is 1. The molecule has 106 valence electrons. The van der Waals surface area contributed by atoms with Gasteiger partial charge in [-0.15, -0.1) is 0 Å². The lowest BCUT2D eigenvalue weighted by Gasteiger charge is -2.41. The van der Waals surface area contributed by atoms with Crippen LogP contribution in [0.1, 0.15) is 13.8 Å². The smallest absolute Gasteiger partial charge is 0.146 e. The number of anilines is 1. The monoisotopic (exact) mass is 265 g/mol. The van der Waals surface area contributed by atoms with E-state index in [9.17, 15) is 4.39 Å². The van der Waals surface area contributed by atoms with Gasteiger partial charge < -0.3 is 10.6 Å². The van der Waals surface area contributed by atoms with E-state index in [0.29, 0.717) is 18.5 Å². The van der Waals surface area contributed by atoms with Crippen LogP contribution in [0.25, 0.3) is 0 Å². The van der Waals surface area contributed by atoms with Gasteiger partial charge in [0.15, 0.2) is 0 Å². The number of rotatable bonds is 4. The molecule has 2 N–H and O–H groups in total. The van der Waals surface area contributed by atoms with Crippen molar-refractivity contribution in [2.45, 2.75) is 19.9 Å². The van der Waals surface area contributed by atoms with E-state index in [4.69, 9.17) is 5.73 Å². The third kappa shape index (κ3) is 3.25. The quantitative estimate of drug-likeness (QED) is 0.903. The topological polar surface area (TPSA) is 32.5 Å². The third-order valence-electron chi connectivity index (χ3n) is 3.99. The van der Waals surface area contributed by atoms with Gasteiger partial charge in [0.2, 0.25) is 0 Å². The number of hydrogen-bond acceptors (Lipinski definition) is 3. The molecule has 3 nitrogen and oxygen atoms in total. The largest absolute Gasteiger partial charge is 0.367 e. The second-order valence-corrected chi connectivity index (χ2v) is 5.52. The zero-order chi connectivity index (χ0) is 13.8. The minimum Gasteiger partial charge on any atom is -0.367 e. The van der Waals surface area contributed by atoms with Crippen LogP contribution < -0.4 is 10.6 Å². The maximum absolute atomic E-state index is 13.7. The van der Waals surface area contributed by atoms with E-state index >= 15 is 0 Å². The molecule has 1 atom stereocenters. The van der Waals surface area contributed by atoms with Crippen molar-refractivity contribution in [3.63, 3.8) is 0 Å². The summed E-state index contributed by atoms with van der Waals surface area (Å²) in [5.74, 6) is 0.431. The normalized spacial score (nSPS) is 18.9. The molecule has 0 spiro atoms. The van der Waals surface area contributed by atoms with Crippen molar-refractivity contribution in [2.24, 2.45) is 11.7 Å². The van der Waals surface area contributed by atoms with Crippen molar-refractivity contribution in [3.05, 3.63) is 30.1 Å². The van der Waals surface area contributed by atoms with E-state index in [1.807, 2.05) is 12.1 Å². The first kappa shape index (κ1) is 14.3. The highest BCUT2D eigenvalue weighted by Crippen LogP contribution is 2.21. The lowest BCUT2D eigenvalue weighted by atomic mass is 10.0. The lowest BCUT2D eigenvalue weighted by molar-refractivity contribution is 0.151. The molecule has 0 amide bonds. The molecule has 0 aliphatic carbocycles. The summed E-state index contributed by atoms with van der Waals surface area (Å²) >= 11 is 0. The molecule has 1 aliphatic rings. The number of nitrogens with zero attached hydrogens (tertiary/aromatic N) is 2. The SMILES string of the molecule is CC(C)C(CN)N1CCN(c2ccccc2F)CC1. The third-order valence-corrected chi connectivity index (χ3v) is 3.99. The summed E-state index contributed by atoms with van der Waals surface area (Å²) in [6.07, 6.45) is 0. The van der Waals surface area contributed by atoms with Crippen molar-refractivity contribution in [1.82, 2.24) is 4.90 Å². The summed E-state index contributed by atoms with van der Waals surface area (Å²) in [5.41, 5.74) is 6.58. The molecule has 0 saturated carbocycles. The number of benzene rings is 1. The molecule has 1 unspecified atom stereocenters. The Labute approximate surface area is 115 Å². The van der Waals surface area contributed by atoms with Crippen molar-refractivity contribution in [1.29, 1.82) is 0 Å². The highest BCUT2D eigenvalue weighted by molar-refractivity contribution is 5.48. The fourth-order valence-corrected chi connectivity index (χ4v) is 2.85. The van der Waals surface area contributed by atoms with Crippen LogP contribution in [0, 0.1) is 11.7 Å². The van der Waals surface area contributed by atoms with Crippen LogP contribution in [0.3, 0.4) is 0 Å². The minimum absolute atomic E-state index is 0.129. The van der Waals surface area contributed by atoms with Gasteiger partial charge in [-0.05, 0) is 18.1 Å². The van der Waals surface area contributed by atoms with Crippen molar-refractivity contribution in [2.75, 3.05) is 37.6 Å². The van der Waals surface area contributed by atoms with Gasteiger partial charge in [0, 0.05) is 38.8 Å². The zero-order valence-corrected chi connectivity index (χ0v) is 11.8. The van der Waals surface area contributed by atoms with Gasteiger partial charge in [-0.3, -0.25) is 4.90 Å². The molecule has 1 saturated heterocycles. The fourth-order valence-electron chi connectivity index (χ4n) is 2.85. The van der Waals surface area contributed by atoms with Crippen molar-refractivity contribution in [3.8, 4) is 0 Å². The van der Waals surface area contributed by atoms with E-state index in [0.717, 1.165) is 31.9 Å². The van der Waals surface area contributed by atoms with Gasteiger partial charge in [-0.1, -0.05) is 26.0 Å². The Morgan fingerprint density at radius 1 is 1.16 bits per heavy atom. The van der Waals surface area contributed by atoms with Crippen LogP contribution in [-0.4, -0.2) is 43.7 Å². The Balaban J connectivity index is 1.98. The second kappa shape index (κ2) is 6.35. The van der Waals surface area contributed by atoms with Crippen molar-refractivity contribution >= 4 is 5.69 Å². The van der Waals surface area contributed by atoms with Crippen LogP contribution in [0.5, 0.6) is 0 Å². The molecule has 0 aromatic heterocycles. The fraction of sp³-hybridized carbons (Fsp3) is 0.600. The molecule has 1 fully saturated rings. The predicted octanol–water partition coefficient (Wildman–Crippen LogP) is 1.93. The van der Waals surface area contributed by atoms with Crippen LogP contribution in [0.15, 0.2) is 24.3 Å². The Hall–Kier alpha value is -1.13. The summed E-state index contributed by atoms with van der Waals surface area (Å²) < 4.78 is 13.7. The van der Waals surface area contributed by atoms with Crippen LogP contribution >= 0.6 is 0 Å². The maximum Gasteiger partial charge on any atom is 0.146 e. The summed E-state index contributed by atoms with van der Waals surface area (Å²) in [6, 6.07) is 7.44. The molecule has 1 heterocycles. The Morgan fingerprint density at radius 2 is 1.79 bits per heavy atom. The Bertz CT molecular complexity index is 400. The molecule has 19 heavy (non-hydrogen) atoms. The highest BCUT2D eigenvalue weighted by atomic mass is 19.1. The lowest BCUT2D eigenvalue weighted by Crippen LogP contribution is -2.54. The molecular weight excluding hydrogens is 241 g/mol. The first-order valence-electron chi connectivity index (χ1n) is 7.07.